The maximum Gasteiger partial charge on any atom is 0.420 e. The summed E-state index contributed by atoms with van der Waals surface area (Å²) in [6.07, 6.45) is -1.36. The Balaban J connectivity index is 1.72. The number of nitrogens with zero attached hydrogens (tertiary/aromatic N) is 2. The minimum atomic E-state index is -0.721. The second-order valence-corrected chi connectivity index (χ2v) is 10.3. The molecule has 0 aromatic heterocycles. The summed E-state index contributed by atoms with van der Waals surface area (Å²) in [5.41, 5.74) is -0.0184. The average molecular weight is 447 g/mol. The molecule has 8 nitrogen and oxygen atoms in total. The second kappa shape index (κ2) is 8.64. The molecule has 8 heteroatoms. The van der Waals surface area contributed by atoms with Gasteiger partial charge < -0.3 is 19.1 Å². The first-order chi connectivity index (χ1) is 14.8. The first-order valence-electron chi connectivity index (χ1n) is 11.1. The Kier molecular flexibility index (Phi) is 6.45. The molecule has 1 aromatic rings. The predicted molar refractivity (Wildman–Crippen MR) is 120 cm³/mol. The van der Waals surface area contributed by atoms with Crippen molar-refractivity contribution in [1.82, 2.24) is 4.90 Å². The molecule has 32 heavy (non-hydrogen) atoms. The van der Waals surface area contributed by atoms with Crippen molar-refractivity contribution in [1.29, 1.82) is 0 Å². The van der Waals surface area contributed by atoms with Crippen molar-refractivity contribution < 1.29 is 28.6 Å². The van der Waals surface area contributed by atoms with Gasteiger partial charge >= 0.3 is 18.2 Å². The monoisotopic (exact) mass is 446 g/mol. The number of anilines is 1. The highest BCUT2D eigenvalue weighted by atomic mass is 16.6. The van der Waals surface area contributed by atoms with Crippen molar-refractivity contribution in [3.05, 3.63) is 29.8 Å². The van der Waals surface area contributed by atoms with E-state index in [-0.39, 0.29) is 23.8 Å². The largest absolute Gasteiger partial charge is 0.462 e. The number of carbonyl (C=O) groups is 3. The van der Waals surface area contributed by atoms with Gasteiger partial charge in [0.2, 0.25) is 0 Å². The van der Waals surface area contributed by atoms with Crippen LogP contribution in [0.4, 0.5) is 15.3 Å². The molecule has 1 unspecified atom stereocenters. The SMILES string of the molecule is CCOC(=O)c1cccc(N2C[C@@H]3C(N(C(=O)OC(C)(C)C)C(=O)OC(C)(C)C)[C@@H]3C2)c1. The van der Waals surface area contributed by atoms with Crippen molar-refractivity contribution in [2.75, 3.05) is 24.6 Å². The Labute approximate surface area is 189 Å². The molecule has 0 bridgehead atoms. The zero-order valence-electron chi connectivity index (χ0n) is 20.0. The van der Waals surface area contributed by atoms with Gasteiger partial charge in [-0.1, -0.05) is 6.07 Å². The van der Waals surface area contributed by atoms with Gasteiger partial charge in [-0.25, -0.2) is 19.3 Å². The topological polar surface area (TPSA) is 85.4 Å². The maximum atomic E-state index is 12.9. The number of carbonyl (C=O) groups excluding carboxylic acids is 3. The van der Waals surface area contributed by atoms with Crippen LogP contribution in [0.5, 0.6) is 0 Å². The lowest BCUT2D eigenvalue weighted by Gasteiger charge is -2.31. The van der Waals surface area contributed by atoms with E-state index in [1.807, 2.05) is 18.2 Å². The van der Waals surface area contributed by atoms with E-state index in [0.717, 1.165) is 10.6 Å². The Morgan fingerprint density at radius 1 is 0.969 bits per heavy atom. The van der Waals surface area contributed by atoms with E-state index in [4.69, 9.17) is 14.2 Å². The molecule has 0 spiro atoms. The number of hydrogen-bond donors (Lipinski definition) is 0. The van der Waals surface area contributed by atoms with Crippen LogP contribution in [-0.4, -0.2) is 60.0 Å². The summed E-state index contributed by atoms with van der Waals surface area (Å²) in [6, 6.07) is 7.06. The van der Waals surface area contributed by atoms with Crippen LogP contribution >= 0.6 is 0 Å². The van der Waals surface area contributed by atoms with E-state index < -0.39 is 23.4 Å². The molecule has 176 valence electrons. The molecule has 1 aliphatic heterocycles. The van der Waals surface area contributed by atoms with Crippen molar-refractivity contribution in [3.8, 4) is 0 Å². The first-order valence-corrected chi connectivity index (χ1v) is 11.1. The zero-order valence-corrected chi connectivity index (χ0v) is 20.0. The number of imide groups is 1. The van der Waals surface area contributed by atoms with Gasteiger partial charge in [-0.05, 0) is 66.7 Å². The molecule has 0 N–H and O–H groups in total. The third-order valence-corrected chi connectivity index (χ3v) is 5.35. The van der Waals surface area contributed by atoms with E-state index in [2.05, 4.69) is 4.90 Å². The van der Waals surface area contributed by atoms with Crippen LogP contribution in [0.2, 0.25) is 0 Å². The molecular formula is C24H34N2O6. The standard InChI is InChI=1S/C24H34N2O6/c1-8-30-20(27)15-10-9-11-16(12-15)25-13-17-18(14-25)19(17)26(21(28)31-23(2,3)4)22(29)32-24(5,6)7/h9-12,17-19H,8,13-14H2,1-7H3/t17-,18+,19?. The highest BCUT2D eigenvalue weighted by Gasteiger charge is 2.62. The molecule has 2 fully saturated rings. The smallest absolute Gasteiger partial charge is 0.420 e. The number of rotatable bonds is 4. The summed E-state index contributed by atoms with van der Waals surface area (Å²) < 4.78 is 16.1. The normalized spacial score (nSPS) is 22.1. The summed E-state index contributed by atoms with van der Waals surface area (Å²) in [7, 11) is 0. The minimum Gasteiger partial charge on any atom is -0.462 e. The molecule has 1 saturated carbocycles. The fourth-order valence-corrected chi connectivity index (χ4v) is 4.07. The quantitative estimate of drug-likeness (QED) is 0.498. The van der Waals surface area contributed by atoms with Crippen LogP contribution in [0.25, 0.3) is 0 Å². The maximum absolute atomic E-state index is 12.9. The molecule has 1 aliphatic carbocycles. The Morgan fingerprint density at radius 2 is 1.50 bits per heavy atom. The van der Waals surface area contributed by atoms with E-state index >= 15 is 0 Å². The molecule has 0 radical (unpaired) electrons. The van der Waals surface area contributed by atoms with Crippen LogP contribution in [0.1, 0.15) is 58.8 Å². The van der Waals surface area contributed by atoms with Gasteiger partial charge in [0.1, 0.15) is 11.2 Å². The fraction of sp³-hybridized carbons (Fsp3) is 0.625. The van der Waals surface area contributed by atoms with Crippen LogP contribution in [0.15, 0.2) is 24.3 Å². The van der Waals surface area contributed by atoms with Crippen molar-refractivity contribution in [2.24, 2.45) is 11.8 Å². The first kappa shape index (κ1) is 23.9. The van der Waals surface area contributed by atoms with E-state index in [1.165, 1.54) is 0 Å². The molecule has 2 amide bonds. The Bertz CT molecular complexity index is 845. The van der Waals surface area contributed by atoms with Gasteiger partial charge in [0, 0.05) is 30.6 Å². The van der Waals surface area contributed by atoms with E-state index in [0.29, 0.717) is 25.3 Å². The third kappa shape index (κ3) is 5.53. The molecule has 1 heterocycles. The lowest BCUT2D eigenvalue weighted by molar-refractivity contribution is -0.00219. The Morgan fingerprint density at radius 3 is 1.97 bits per heavy atom. The lowest BCUT2D eigenvalue weighted by Crippen LogP contribution is -2.47. The summed E-state index contributed by atoms with van der Waals surface area (Å²) in [4.78, 5) is 41.1. The number of esters is 1. The summed E-state index contributed by atoms with van der Waals surface area (Å²) in [5.74, 6) is -0.0971. The van der Waals surface area contributed by atoms with Gasteiger partial charge in [0.25, 0.3) is 0 Å². The van der Waals surface area contributed by atoms with Gasteiger partial charge in [-0.15, -0.1) is 0 Å². The van der Waals surface area contributed by atoms with Gasteiger partial charge in [0.05, 0.1) is 18.2 Å². The summed E-state index contributed by atoms with van der Waals surface area (Å²) in [5, 5.41) is 0. The van der Waals surface area contributed by atoms with E-state index in [1.54, 1.807) is 54.5 Å². The van der Waals surface area contributed by atoms with Crippen molar-refractivity contribution in [3.63, 3.8) is 0 Å². The van der Waals surface area contributed by atoms with Gasteiger partial charge in [-0.2, -0.15) is 0 Å². The predicted octanol–water partition coefficient (Wildman–Crippen LogP) is 4.47. The summed E-state index contributed by atoms with van der Waals surface area (Å²) in [6.45, 7) is 14.0. The average Bonchev–Trinajstić information content (AvgIpc) is 3.10. The third-order valence-electron chi connectivity index (χ3n) is 5.35. The Hall–Kier alpha value is -2.77. The lowest BCUT2D eigenvalue weighted by atomic mass is 10.2. The molecule has 3 rings (SSSR count). The van der Waals surface area contributed by atoms with Crippen LogP contribution < -0.4 is 4.90 Å². The molecular weight excluding hydrogens is 412 g/mol. The number of piperidine rings is 1. The highest BCUT2D eigenvalue weighted by molar-refractivity contribution is 5.91. The number of fused-ring (bicyclic) bond motifs is 1. The van der Waals surface area contributed by atoms with Crippen LogP contribution in [0.3, 0.4) is 0 Å². The molecule has 1 saturated heterocycles. The van der Waals surface area contributed by atoms with Gasteiger partial charge in [-0.3, -0.25) is 0 Å². The molecule has 3 atom stereocenters. The van der Waals surface area contributed by atoms with Crippen molar-refractivity contribution >= 4 is 23.8 Å². The number of hydrogen-bond acceptors (Lipinski definition) is 7. The van der Waals surface area contributed by atoms with Gasteiger partial charge in [0.15, 0.2) is 0 Å². The summed E-state index contributed by atoms with van der Waals surface area (Å²) >= 11 is 0. The number of amides is 2. The minimum absolute atomic E-state index is 0.126. The fourth-order valence-electron chi connectivity index (χ4n) is 4.07. The molecule has 2 aliphatic rings. The van der Waals surface area contributed by atoms with E-state index in [9.17, 15) is 14.4 Å². The van der Waals surface area contributed by atoms with Crippen LogP contribution in [0, 0.1) is 11.8 Å². The number of benzene rings is 1. The number of ether oxygens (including phenoxy) is 3. The zero-order chi connectivity index (χ0) is 23.8. The highest BCUT2D eigenvalue weighted by Crippen LogP contribution is 2.50. The van der Waals surface area contributed by atoms with Crippen molar-refractivity contribution in [2.45, 2.75) is 65.7 Å². The molecule has 1 aromatic carbocycles. The second-order valence-electron chi connectivity index (χ2n) is 10.3. The van der Waals surface area contributed by atoms with Crippen LogP contribution in [-0.2, 0) is 14.2 Å².